The fourth-order valence-corrected chi connectivity index (χ4v) is 1.85. The summed E-state index contributed by atoms with van der Waals surface area (Å²) >= 11 is 0. The first-order valence-electron chi connectivity index (χ1n) is 5.83. The first-order chi connectivity index (χ1) is 9.22. The Morgan fingerprint density at radius 1 is 1.16 bits per heavy atom. The van der Waals surface area contributed by atoms with E-state index in [4.69, 9.17) is 4.52 Å². The normalized spacial score (nSPS) is 10.6. The van der Waals surface area contributed by atoms with Crippen LogP contribution < -0.4 is 5.32 Å². The summed E-state index contributed by atoms with van der Waals surface area (Å²) in [5, 5.41) is 8.28. The maximum absolute atomic E-state index is 12.0. The molecule has 3 aromatic rings. The summed E-state index contributed by atoms with van der Waals surface area (Å²) in [5.74, 6) is 0.211. The van der Waals surface area contributed by atoms with Gasteiger partial charge < -0.3 is 4.52 Å². The molecule has 3 rings (SSSR count). The van der Waals surface area contributed by atoms with Crippen LogP contribution in [-0.4, -0.2) is 16.0 Å². The lowest BCUT2D eigenvalue weighted by Gasteiger charge is -2.02. The van der Waals surface area contributed by atoms with Crippen LogP contribution in [0.15, 0.2) is 47.0 Å². The van der Waals surface area contributed by atoms with Crippen molar-refractivity contribution < 1.29 is 9.32 Å². The number of anilines is 1. The number of rotatable bonds is 2. The number of aryl methyl sites for hydroxylation is 1. The summed E-state index contributed by atoms with van der Waals surface area (Å²) in [6, 6.07) is 13.5. The Bertz CT molecular complexity index is 749. The van der Waals surface area contributed by atoms with E-state index in [0.29, 0.717) is 11.4 Å². The highest BCUT2D eigenvalue weighted by atomic mass is 16.5. The van der Waals surface area contributed by atoms with Crippen molar-refractivity contribution in [3.8, 4) is 0 Å². The van der Waals surface area contributed by atoms with Gasteiger partial charge in [0.2, 0.25) is 0 Å². The van der Waals surface area contributed by atoms with Crippen molar-refractivity contribution >= 4 is 22.7 Å². The SMILES string of the molecule is Cc1noc(NC(=O)c2ccc3ccccc3c2)n1. The van der Waals surface area contributed by atoms with Crippen molar-refractivity contribution in [3.63, 3.8) is 0 Å². The van der Waals surface area contributed by atoms with Crippen LogP contribution in [0.4, 0.5) is 6.01 Å². The molecule has 0 atom stereocenters. The van der Waals surface area contributed by atoms with Crippen molar-refractivity contribution in [2.45, 2.75) is 6.92 Å². The zero-order valence-corrected chi connectivity index (χ0v) is 10.3. The van der Waals surface area contributed by atoms with E-state index in [9.17, 15) is 4.79 Å². The van der Waals surface area contributed by atoms with Crippen LogP contribution >= 0.6 is 0 Å². The molecule has 1 N–H and O–H groups in total. The minimum Gasteiger partial charge on any atom is -0.315 e. The van der Waals surface area contributed by atoms with Gasteiger partial charge in [0.05, 0.1) is 0 Å². The number of benzene rings is 2. The molecule has 2 aromatic carbocycles. The highest BCUT2D eigenvalue weighted by molar-refractivity contribution is 6.05. The summed E-state index contributed by atoms with van der Waals surface area (Å²) < 4.78 is 4.85. The van der Waals surface area contributed by atoms with E-state index in [2.05, 4.69) is 15.5 Å². The third kappa shape index (κ3) is 2.30. The van der Waals surface area contributed by atoms with Crippen LogP contribution in [0.5, 0.6) is 0 Å². The molecule has 0 unspecified atom stereocenters. The van der Waals surface area contributed by atoms with E-state index in [1.807, 2.05) is 36.4 Å². The highest BCUT2D eigenvalue weighted by Crippen LogP contribution is 2.16. The third-order valence-electron chi connectivity index (χ3n) is 2.76. The van der Waals surface area contributed by atoms with E-state index in [1.165, 1.54) is 0 Å². The van der Waals surface area contributed by atoms with Crippen molar-refractivity contribution in [3.05, 3.63) is 53.9 Å². The van der Waals surface area contributed by atoms with Crippen molar-refractivity contribution in [1.29, 1.82) is 0 Å². The Morgan fingerprint density at radius 3 is 2.68 bits per heavy atom. The molecule has 5 nitrogen and oxygen atoms in total. The fraction of sp³-hybridized carbons (Fsp3) is 0.0714. The predicted molar refractivity (Wildman–Crippen MR) is 70.9 cm³/mol. The Kier molecular flexibility index (Phi) is 2.72. The molecular formula is C14H11N3O2. The van der Waals surface area contributed by atoms with Gasteiger partial charge in [-0.05, 0) is 29.8 Å². The summed E-state index contributed by atoms with van der Waals surface area (Å²) in [5.41, 5.74) is 0.551. The average molecular weight is 253 g/mol. The van der Waals surface area contributed by atoms with Crippen molar-refractivity contribution in [2.75, 3.05) is 5.32 Å². The van der Waals surface area contributed by atoms with Gasteiger partial charge in [0.25, 0.3) is 5.91 Å². The second-order valence-corrected chi connectivity index (χ2v) is 4.16. The monoisotopic (exact) mass is 253 g/mol. The summed E-state index contributed by atoms with van der Waals surface area (Å²) in [4.78, 5) is 16.0. The van der Waals surface area contributed by atoms with Crippen LogP contribution in [0, 0.1) is 6.92 Å². The molecule has 0 saturated heterocycles. The zero-order valence-electron chi connectivity index (χ0n) is 10.3. The Balaban J connectivity index is 1.89. The number of amides is 1. The van der Waals surface area contributed by atoms with Gasteiger partial charge in [0.1, 0.15) is 0 Å². The lowest BCUT2D eigenvalue weighted by atomic mass is 10.1. The van der Waals surface area contributed by atoms with Gasteiger partial charge in [-0.25, -0.2) is 0 Å². The molecule has 0 bridgehead atoms. The van der Waals surface area contributed by atoms with E-state index in [1.54, 1.807) is 13.0 Å². The van der Waals surface area contributed by atoms with Crippen LogP contribution in [0.25, 0.3) is 10.8 Å². The molecule has 1 amide bonds. The van der Waals surface area contributed by atoms with Crippen LogP contribution in [0.2, 0.25) is 0 Å². The summed E-state index contributed by atoms with van der Waals surface area (Å²) in [6.07, 6.45) is 0. The van der Waals surface area contributed by atoms with Crippen molar-refractivity contribution in [1.82, 2.24) is 10.1 Å². The third-order valence-corrected chi connectivity index (χ3v) is 2.76. The smallest absolute Gasteiger partial charge is 0.315 e. The second-order valence-electron chi connectivity index (χ2n) is 4.16. The number of hydrogen-bond donors (Lipinski definition) is 1. The standard InChI is InChI=1S/C14H11N3O2/c1-9-15-14(19-17-9)16-13(18)12-7-6-10-4-2-3-5-11(10)8-12/h2-8H,1H3,(H,15,16,17,18). The Morgan fingerprint density at radius 2 is 1.95 bits per heavy atom. The number of hydrogen-bond acceptors (Lipinski definition) is 4. The van der Waals surface area contributed by atoms with Gasteiger partial charge in [-0.2, -0.15) is 4.98 Å². The molecule has 0 saturated carbocycles. The van der Waals surface area contributed by atoms with Gasteiger partial charge in [0.15, 0.2) is 5.82 Å². The van der Waals surface area contributed by atoms with E-state index in [0.717, 1.165) is 10.8 Å². The Hall–Kier alpha value is -2.69. The topological polar surface area (TPSA) is 68.0 Å². The molecule has 5 heteroatoms. The number of nitrogens with one attached hydrogen (secondary N) is 1. The summed E-state index contributed by atoms with van der Waals surface area (Å²) in [6.45, 7) is 1.69. The molecule has 0 spiro atoms. The molecule has 0 radical (unpaired) electrons. The number of fused-ring (bicyclic) bond motifs is 1. The maximum atomic E-state index is 12.0. The molecule has 0 aliphatic heterocycles. The quantitative estimate of drug-likeness (QED) is 0.762. The first kappa shape index (κ1) is 11.4. The van der Waals surface area contributed by atoms with Gasteiger partial charge in [0, 0.05) is 5.56 Å². The largest absolute Gasteiger partial charge is 0.328 e. The molecular weight excluding hydrogens is 242 g/mol. The number of aromatic nitrogens is 2. The first-order valence-corrected chi connectivity index (χ1v) is 5.83. The van der Waals surface area contributed by atoms with Gasteiger partial charge in [-0.15, -0.1) is 0 Å². The molecule has 0 aliphatic carbocycles. The van der Waals surface area contributed by atoms with Crippen LogP contribution in [0.3, 0.4) is 0 Å². The molecule has 0 aliphatic rings. The minimum atomic E-state index is -0.269. The number of nitrogens with zero attached hydrogens (tertiary/aromatic N) is 2. The van der Waals surface area contributed by atoms with Crippen molar-refractivity contribution in [2.24, 2.45) is 0 Å². The van der Waals surface area contributed by atoms with Crippen LogP contribution in [0.1, 0.15) is 16.2 Å². The summed E-state index contributed by atoms with van der Waals surface area (Å²) in [7, 11) is 0. The lowest BCUT2D eigenvalue weighted by Crippen LogP contribution is -2.12. The highest BCUT2D eigenvalue weighted by Gasteiger charge is 2.10. The molecule has 94 valence electrons. The lowest BCUT2D eigenvalue weighted by molar-refractivity contribution is 0.102. The van der Waals surface area contributed by atoms with E-state index < -0.39 is 0 Å². The van der Waals surface area contributed by atoms with Gasteiger partial charge in [-0.3, -0.25) is 10.1 Å². The van der Waals surface area contributed by atoms with E-state index in [-0.39, 0.29) is 11.9 Å². The molecule has 19 heavy (non-hydrogen) atoms. The molecule has 1 heterocycles. The average Bonchev–Trinajstić information content (AvgIpc) is 2.83. The van der Waals surface area contributed by atoms with Gasteiger partial charge in [-0.1, -0.05) is 35.5 Å². The maximum Gasteiger partial charge on any atom is 0.328 e. The second kappa shape index (κ2) is 4.53. The molecule has 1 aromatic heterocycles. The Labute approximate surface area is 109 Å². The minimum absolute atomic E-state index is 0.107. The fourth-order valence-electron chi connectivity index (χ4n) is 1.85. The van der Waals surface area contributed by atoms with Gasteiger partial charge >= 0.3 is 6.01 Å². The molecule has 0 fully saturated rings. The zero-order chi connectivity index (χ0) is 13.2. The number of carbonyl (C=O) groups excluding carboxylic acids is 1. The number of carbonyl (C=O) groups is 1. The van der Waals surface area contributed by atoms with E-state index >= 15 is 0 Å². The predicted octanol–water partition coefficient (Wildman–Crippen LogP) is 2.78. The van der Waals surface area contributed by atoms with Crippen LogP contribution in [-0.2, 0) is 0 Å².